The van der Waals surface area contributed by atoms with E-state index in [0.717, 1.165) is 39.1 Å². The molecule has 1 fully saturated rings. The Bertz CT molecular complexity index is 256. The molecule has 0 radical (unpaired) electrons. The fourth-order valence-corrected chi connectivity index (χ4v) is 2.29. The zero-order valence-electron chi connectivity index (χ0n) is 11.9. The van der Waals surface area contributed by atoms with Gasteiger partial charge in [-0.3, -0.25) is 0 Å². The first-order valence-corrected chi connectivity index (χ1v) is 7.05. The quantitative estimate of drug-likeness (QED) is 0.269. The average molecular weight is 273 g/mol. The van der Waals surface area contributed by atoms with Crippen LogP contribution >= 0.6 is 0 Å². The molecule has 1 aliphatic rings. The topological polar surface area (TPSA) is 80.3 Å². The van der Waals surface area contributed by atoms with Crippen molar-refractivity contribution < 1.29 is 14.7 Å². The van der Waals surface area contributed by atoms with Gasteiger partial charge in [0.2, 0.25) is 0 Å². The maximum Gasteiger partial charge on any atom is 0.140 e. The fourth-order valence-electron chi connectivity index (χ4n) is 2.29. The van der Waals surface area contributed by atoms with E-state index in [9.17, 15) is 0 Å². The third-order valence-electron chi connectivity index (χ3n) is 3.45. The third-order valence-corrected chi connectivity index (χ3v) is 3.45. The van der Waals surface area contributed by atoms with Crippen molar-refractivity contribution in [1.82, 2.24) is 4.90 Å². The predicted octanol–water partition coefficient (Wildman–Crippen LogP) is 1.03. The minimum atomic E-state index is 0.279. The number of ether oxygens (including phenoxy) is 2. The second-order valence-corrected chi connectivity index (χ2v) is 4.95. The van der Waals surface area contributed by atoms with E-state index in [0.29, 0.717) is 19.1 Å². The number of oxime groups is 1. The van der Waals surface area contributed by atoms with Gasteiger partial charge in [-0.05, 0) is 32.2 Å². The Balaban J connectivity index is 2.19. The number of methoxy groups -OCH3 is 1. The molecular formula is C13H27N3O3. The van der Waals surface area contributed by atoms with Gasteiger partial charge in [-0.25, -0.2) is 0 Å². The zero-order chi connectivity index (χ0) is 13.9. The van der Waals surface area contributed by atoms with Crippen LogP contribution in [0.15, 0.2) is 5.16 Å². The van der Waals surface area contributed by atoms with Crippen LogP contribution in [0.5, 0.6) is 0 Å². The molecule has 1 heterocycles. The van der Waals surface area contributed by atoms with Crippen LogP contribution in [0.25, 0.3) is 0 Å². The van der Waals surface area contributed by atoms with Crippen LogP contribution in [0.3, 0.4) is 0 Å². The maximum absolute atomic E-state index is 8.55. The molecule has 0 spiro atoms. The summed E-state index contributed by atoms with van der Waals surface area (Å²) in [4.78, 5) is 2.29. The number of nitrogens with two attached hydrogens (primary N) is 1. The van der Waals surface area contributed by atoms with Crippen molar-refractivity contribution in [2.24, 2.45) is 10.9 Å². The molecule has 1 aliphatic heterocycles. The molecule has 6 heteroatoms. The molecule has 3 N–H and O–H groups in total. The Labute approximate surface area is 115 Å². The van der Waals surface area contributed by atoms with E-state index in [1.807, 2.05) is 0 Å². The summed E-state index contributed by atoms with van der Waals surface area (Å²) < 4.78 is 10.7. The van der Waals surface area contributed by atoms with Gasteiger partial charge < -0.3 is 25.3 Å². The highest BCUT2D eigenvalue weighted by Gasteiger charge is 2.15. The average Bonchev–Trinajstić information content (AvgIpc) is 2.94. The van der Waals surface area contributed by atoms with E-state index in [2.05, 4.69) is 10.1 Å². The van der Waals surface area contributed by atoms with Gasteiger partial charge in [-0.2, -0.15) is 0 Å². The Morgan fingerprint density at radius 2 is 2.32 bits per heavy atom. The molecule has 112 valence electrons. The molecule has 0 aromatic heterocycles. The molecule has 1 unspecified atom stereocenters. The summed E-state index contributed by atoms with van der Waals surface area (Å²) in [7, 11) is 1.70. The molecule has 1 atom stereocenters. The Morgan fingerprint density at radius 1 is 1.47 bits per heavy atom. The molecule has 0 aromatic carbocycles. The van der Waals surface area contributed by atoms with Gasteiger partial charge in [-0.1, -0.05) is 5.16 Å². The van der Waals surface area contributed by atoms with Gasteiger partial charge in [0, 0.05) is 33.2 Å². The van der Waals surface area contributed by atoms with Gasteiger partial charge in [-0.15, -0.1) is 0 Å². The first kappa shape index (κ1) is 16.2. The molecule has 0 aromatic rings. The monoisotopic (exact) mass is 273 g/mol. The van der Waals surface area contributed by atoms with Gasteiger partial charge in [0.25, 0.3) is 0 Å². The van der Waals surface area contributed by atoms with Crippen molar-refractivity contribution in [2.75, 3.05) is 40.0 Å². The molecule has 19 heavy (non-hydrogen) atoms. The van der Waals surface area contributed by atoms with E-state index in [4.69, 9.17) is 20.4 Å². The first-order chi connectivity index (χ1) is 9.26. The predicted molar refractivity (Wildman–Crippen MR) is 74.5 cm³/mol. The molecule has 0 saturated carbocycles. The molecule has 1 rings (SSSR count). The van der Waals surface area contributed by atoms with Gasteiger partial charge >= 0.3 is 0 Å². The highest BCUT2D eigenvalue weighted by molar-refractivity contribution is 5.79. The van der Waals surface area contributed by atoms with Crippen molar-refractivity contribution in [1.29, 1.82) is 0 Å². The summed E-state index contributed by atoms with van der Waals surface area (Å²) in [5, 5.41) is 11.5. The second kappa shape index (κ2) is 10.00. The summed E-state index contributed by atoms with van der Waals surface area (Å²) in [6.45, 7) is 4.30. The van der Waals surface area contributed by atoms with E-state index in [1.54, 1.807) is 7.11 Å². The Hall–Kier alpha value is -0.850. The number of amidine groups is 1. The van der Waals surface area contributed by atoms with E-state index in [-0.39, 0.29) is 5.84 Å². The number of rotatable bonds is 10. The molecular weight excluding hydrogens is 246 g/mol. The maximum atomic E-state index is 8.55. The lowest BCUT2D eigenvalue weighted by Gasteiger charge is -2.22. The number of hydrogen-bond donors (Lipinski definition) is 2. The minimum Gasteiger partial charge on any atom is -0.409 e. The summed E-state index contributed by atoms with van der Waals surface area (Å²) in [6, 6.07) is 0. The summed E-state index contributed by atoms with van der Waals surface area (Å²) in [5.41, 5.74) is 5.50. The fraction of sp³-hybridized carbons (Fsp3) is 0.923. The Kier molecular flexibility index (Phi) is 8.53. The van der Waals surface area contributed by atoms with Gasteiger partial charge in [0.15, 0.2) is 0 Å². The van der Waals surface area contributed by atoms with Crippen LogP contribution in [0.4, 0.5) is 0 Å². The second-order valence-electron chi connectivity index (χ2n) is 4.95. The number of nitrogens with zero attached hydrogens (tertiary/aromatic N) is 2. The normalized spacial score (nSPS) is 20.3. The van der Waals surface area contributed by atoms with Crippen molar-refractivity contribution >= 4 is 5.84 Å². The van der Waals surface area contributed by atoms with Crippen LogP contribution < -0.4 is 5.73 Å². The standard InChI is InChI=1S/C13H27N3O3/c1-18-11-9-16(8-6-13(14)15-17)7-2-4-12-5-3-10-19-12/h12,17H,2-11H2,1H3,(H2,14,15). The van der Waals surface area contributed by atoms with Crippen LogP contribution in [0.2, 0.25) is 0 Å². The lowest BCUT2D eigenvalue weighted by Crippen LogP contribution is -2.32. The van der Waals surface area contributed by atoms with Crippen molar-refractivity contribution in [3.63, 3.8) is 0 Å². The lowest BCUT2D eigenvalue weighted by atomic mass is 10.1. The highest BCUT2D eigenvalue weighted by Crippen LogP contribution is 2.16. The SMILES string of the molecule is COCCN(CCCC1CCCO1)CCC(N)=NO. The van der Waals surface area contributed by atoms with Crippen molar-refractivity contribution in [2.45, 2.75) is 38.2 Å². The molecule has 0 bridgehead atoms. The van der Waals surface area contributed by atoms with Gasteiger partial charge in [0.1, 0.15) is 5.84 Å². The molecule has 0 aliphatic carbocycles. The van der Waals surface area contributed by atoms with Crippen LogP contribution in [0.1, 0.15) is 32.1 Å². The third kappa shape index (κ3) is 7.34. The Morgan fingerprint density at radius 3 is 2.95 bits per heavy atom. The lowest BCUT2D eigenvalue weighted by molar-refractivity contribution is 0.0960. The summed E-state index contributed by atoms with van der Waals surface area (Å²) in [6.07, 6.45) is 5.66. The highest BCUT2D eigenvalue weighted by atomic mass is 16.5. The smallest absolute Gasteiger partial charge is 0.140 e. The van der Waals surface area contributed by atoms with Crippen molar-refractivity contribution in [3.05, 3.63) is 0 Å². The van der Waals surface area contributed by atoms with Crippen molar-refractivity contribution in [3.8, 4) is 0 Å². The molecule has 6 nitrogen and oxygen atoms in total. The van der Waals surface area contributed by atoms with E-state index >= 15 is 0 Å². The number of hydrogen-bond acceptors (Lipinski definition) is 5. The van der Waals surface area contributed by atoms with Crippen LogP contribution in [-0.2, 0) is 9.47 Å². The van der Waals surface area contributed by atoms with E-state index in [1.165, 1.54) is 12.8 Å². The molecule has 1 saturated heterocycles. The summed E-state index contributed by atoms with van der Waals surface area (Å²) >= 11 is 0. The first-order valence-electron chi connectivity index (χ1n) is 7.05. The van der Waals surface area contributed by atoms with Gasteiger partial charge in [0.05, 0.1) is 12.7 Å². The van der Waals surface area contributed by atoms with Crippen LogP contribution in [0, 0.1) is 0 Å². The minimum absolute atomic E-state index is 0.279. The largest absolute Gasteiger partial charge is 0.409 e. The van der Waals surface area contributed by atoms with Crippen LogP contribution in [-0.4, -0.2) is 62.0 Å². The molecule has 0 amide bonds. The van der Waals surface area contributed by atoms with E-state index < -0.39 is 0 Å². The zero-order valence-corrected chi connectivity index (χ0v) is 11.9. The summed E-state index contributed by atoms with van der Waals surface area (Å²) in [5.74, 6) is 0.279.